The molecule has 5 nitrogen and oxygen atoms in total. The maximum absolute atomic E-state index is 5.24. The molecule has 19 heavy (non-hydrogen) atoms. The molecule has 0 spiro atoms. The first-order valence-corrected chi connectivity index (χ1v) is 6.77. The summed E-state index contributed by atoms with van der Waals surface area (Å²) in [6, 6.07) is 2.55. The summed E-state index contributed by atoms with van der Waals surface area (Å²) in [6.45, 7) is 10.6. The number of hydrogen-bond donors (Lipinski definition) is 0. The second-order valence-corrected chi connectivity index (χ2v) is 6.14. The molecular weight excluding hydrogens is 240 g/mol. The quantitative estimate of drug-likeness (QED) is 0.810. The first kappa shape index (κ1) is 14.1. The Morgan fingerprint density at radius 1 is 1.11 bits per heavy atom. The van der Waals surface area contributed by atoms with E-state index < -0.39 is 0 Å². The molecule has 0 radical (unpaired) electrons. The molecule has 1 fully saturated rings. The zero-order valence-electron chi connectivity index (χ0n) is 12.6. The Bertz CT molecular complexity index is 434. The van der Waals surface area contributed by atoms with Crippen LogP contribution in [0, 0.1) is 0 Å². The van der Waals surface area contributed by atoms with E-state index in [1.54, 1.807) is 7.11 Å². The van der Waals surface area contributed by atoms with Gasteiger partial charge in [-0.2, -0.15) is 9.97 Å². The van der Waals surface area contributed by atoms with Gasteiger partial charge in [-0.15, -0.1) is 0 Å². The van der Waals surface area contributed by atoms with Crippen LogP contribution < -0.4 is 9.64 Å². The molecule has 1 aliphatic rings. The van der Waals surface area contributed by atoms with Gasteiger partial charge in [-0.3, -0.25) is 0 Å². The lowest BCUT2D eigenvalue weighted by atomic mass is 9.92. The number of likely N-dealkylation sites (N-methyl/N-ethyl adjacent to an activating group) is 1. The minimum Gasteiger partial charge on any atom is -0.467 e. The fourth-order valence-electron chi connectivity index (χ4n) is 2.09. The van der Waals surface area contributed by atoms with Gasteiger partial charge >= 0.3 is 6.01 Å². The third-order valence-corrected chi connectivity index (χ3v) is 3.47. The molecule has 0 bridgehead atoms. The van der Waals surface area contributed by atoms with E-state index in [0.717, 1.165) is 37.7 Å². The van der Waals surface area contributed by atoms with Gasteiger partial charge in [0.2, 0.25) is 0 Å². The summed E-state index contributed by atoms with van der Waals surface area (Å²) < 4.78 is 5.24. The highest BCUT2D eigenvalue weighted by Crippen LogP contribution is 2.26. The lowest BCUT2D eigenvalue weighted by Gasteiger charge is -2.33. The summed E-state index contributed by atoms with van der Waals surface area (Å²) in [4.78, 5) is 13.6. The van der Waals surface area contributed by atoms with Crippen LogP contribution in [0.25, 0.3) is 0 Å². The predicted molar refractivity (Wildman–Crippen MR) is 77.0 cm³/mol. The van der Waals surface area contributed by atoms with E-state index in [0.29, 0.717) is 6.01 Å². The van der Waals surface area contributed by atoms with Crippen molar-refractivity contribution in [2.75, 3.05) is 45.2 Å². The molecule has 2 heterocycles. The molecule has 0 aliphatic carbocycles. The van der Waals surface area contributed by atoms with Crippen molar-refractivity contribution in [1.82, 2.24) is 14.9 Å². The number of rotatable bonds is 2. The van der Waals surface area contributed by atoms with Gasteiger partial charge in [0.05, 0.1) is 12.8 Å². The standard InChI is InChI=1S/C14H24N4O/c1-14(2,3)11-10-12(16-13(15-11)19-5)18-8-6-17(4)7-9-18/h10H,6-9H2,1-5H3. The number of anilines is 1. The summed E-state index contributed by atoms with van der Waals surface area (Å²) in [5.74, 6) is 0.977. The molecule has 106 valence electrons. The summed E-state index contributed by atoms with van der Waals surface area (Å²) in [6.07, 6.45) is 0. The smallest absolute Gasteiger partial charge is 0.318 e. The average Bonchev–Trinajstić information content (AvgIpc) is 2.38. The van der Waals surface area contributed by atoms with Crippen molar-refractivity contribution in [1.29, 1.82) is 0 Å². The molecule has 0 saturated carbocycles. The highest BCUT2D eigenvalue weighted by Gasteiger charge is 2.22. The monoisotopic (exact) mass is 264 g/mol. The maximum atomic E-state index is 5.24. The van der Waals surface area contributed by atoms with Crippen LogP contribution in [0.3, 0.4) is 0 Å². The van der Waals surface area contributed by atoms with E-state index in [1.807, 2.05) is 0 Å². The number of ether oxygens (including phenoxy) is 1. The molecule has 1 saturated heterocycles. The Hall–Kier alpha value is -1.36. The number of nitrogens with zero attached hydrogens (tertiary/aromatic N) is 4. The molecule has 5 heteroatoms. The van der Waals surface area contributed by atoms with Crippen molar-refractivity contribution in [3.8, 4) is 6.01 Å². The fraction of sp³-hybridized carbons (Fsp3) is 0.714. The van der Waals surface area contributed by atoms with Crippen molar-refractivity contribution >= 4 is 5.82 Å². The van der Waals surface area contributed by atoms with Crippen molar-refractivity contribution in [3.05, 3.63) is 11.8 Å². The number of piperazine rings is 1. The first-order valence-electron chi connectivity index (χ1n) is 6.77. The zero-order valence-corrected chi connectivity index (χ0v) is 12.6. The average molecular weight is 264 g/mol. The third kappa shape index (κ3) is 3.35. The largest absolute Gasteiger partial charge is 0.467 e. The van der Waals surface area contributed by atoms with Gasteiger partial charge in [-0.05, 0) is 7.05 Å². The second-order valence-electron chi connectivity index (χ2n) is 6.14. The topological polar surface area (TPSA) is 41.5 Å². The van der Waals surface area contributed by atoms with Gasteiger partial charge in [0.15, 0.2) is 0 Å². The van der Waals surface area contributed by atoms with Crippen molar-refractivity contribution in [2.24, 2.45) is 0 Å². The van der Waals surface area contributed by atoms with Crippen LogP contribution in [0.5, 0.6) is 6.01 Å². The van der Waals surface area contributed by atoms with E-state index >= 15 is 0 Å². The molecular formula is C14H24N4O. The van der Waals surface area contributed by atoms with Crippen LogP contribution in [-0.2, 0) is 5.41 Å². The minimum absolute atomic E-state index is 0.00243. The molecule has 1 aliphatic heterocycles. The Morgan fingerprint density at radius 2 is 1.74 bits per heavy atom. The predicted octanol–water partition coefficient (Wildman–Crippen LogP) is 1.53. The molecule has 0 N–H and O–H groups in total. The molecule has 0 unspecified atom stereocenters. The van der Waals surface area contributed by atoms with Gasteiger partial charge in [0.25, 0.3) is 0 Å². The summed E-state index contributed by atoms with van der Waals surface area (Å²) in [5, 5.41) is 0. The number of hydrogen-bond acceptors (Lipinski definition) is 5. The fourth-order valence-corrected chi connectivity index (χ4v) is 2.09. The van der Waals surface area contributed by atoms with Gasteiger partial charge in [-0.25, -0.2) is 0 Å². The minimum atomic E-state index is -0.00243. The van der Waals surface area contributed by atoms with E-state index in [2.05, 4.69) is 53.7 Å². The second kappa shape index (κ2) is 5.33. The maximum Gasteiger partial charge on any atom is 0.318 e. The van der Waals surface area contributed by atoms with E-state index in [4.69, 9.17) is 4.74 Å². The molecule has 2 rings (SSSR count). The lowest BCUT2D eigenvalue weighted by Crippen LogP contribution is -2.45. The highest BCUT2D eigenvalue weighted by atomic mass is 16.5. The highest BCUT2D eigenvalue weighted by molar-refractivity contribution is 5.42. The number of aromatic nitrogens is 2. The van der Waals surface area contributed by atoms with Gasteiger partial charge in [0.1, 0.15) is 5.82 Å². The Kier molecular flexibility index (Phi) is 3.94. The Labute approximate surface area is 115 Å². The van der Waals surface area contributed by atoms with E-state index in [-0.39, 0.29) is 5.41 Å². The van der Waals surface area contributed by atoms with E-state index in [1.165, 1.54) is 0 Å². The SMILES string of the molecule is COc1nc(N2CCN(C)CC2)cc(C(C)(C)C)n1. The van der Waals surface area contributed by atoms with Crippen molar-refractivity contribution in [2.45, 2.75) is 26.2 Å². The van der Waals surface area contributed by atoms with Crippen LogP contribution in [-0.4, -0.2) is 55.2 Å². The van der Waals surface area contributed by atoms with Crippen molar-refractivity contribution in [3.63, 3.8) is 0 Å². The Balaban J connectivity index is 2.29. The van der Waals surface area contributed by atoms with Crippen LogP contribution in [0.1, 0.15) is 26.5 Å². The summed E-state index contributed by atoms with van der Waals surface area (Å²) in [5.41, 5.74) is 1.02. The van der Waals surface area contributed by atoms with Crippen LogP contribution in [0.4, 0.5) is 5.82 Å². The van der Waals surface area contributed by atoms with Crippen LogP contribution in [0.2, 0.25) is 0 Å². The lowest BCUT2D eigenvalue weighted by molar-refractivity contribution is 0.310. The Morgan fingerprint density at radius 3 is 2.26 bits per heavy atom. The summed E-state index contributed by atoms with van der Waals surface area (Å²) in [7, 11) is 3.77. The molecule has 0 aromatic carbocycles. The normalized spacial score (nSPS) is 17.6. The zero-order chi connectivity index (χ0) is 14.0. The molecule has 1 aromatic heterocycles. The first-order chi connectivity index (χ1) is 8.90. The molecule has 1 aromatic rings. The number of methoxy groups -OCH3 is 1. The van der Waals surface area contributed by atoms with Gasteiger partial charge in [0, 0.05) is 37.7 Å². The molecule has 0 atom stereocenters. The van der Waals surface area contributed by atoms with Gasteiger partial charge < -0.3 is 14.5 Å². The van der Waals surface area contributed by atoms with E-state index in [9.17, 15) is 0 Å². The summed E-state index contributed by atoms with van der Waals surface area (Å²) >= 11 is 0. The van der Waals surface area contributed by atoms with Crippen molar-refractivity contribution < 1.29 is 4.74 Å². The van der Waals surface area contributed by atoms with Crippen LogP contribution in [0.15, 0.2) is 6.07 Å². The third-order valence-electron chi connectivity index (χ3n) is 3.47. The molecule has 0 amide bonds. The van der Waals surface area contributed by atoms with Gasteiger partial charge in [-0.1, -0.05) is 20.8 Å². The van der Waals surface area contributed by atoms with Crippen LogP contribution >= 0.6 is 0 Å².